The Morgan fingerprint density at radius 3 is 1.97 bits per heavy atom. The van der Waals surface area contributed by atoms with Crippen molar-refractivity contribution in [2.24, 2.45) is 0 Å². The van der Waals surface area contributed by atoms with Gasteiger partial charge in [-0.1, -0.05) is 0 Å². The van der Waals surface area contributed by atoms with E-state index in [9.17, 15) is 63.2 Å². The number of benzene rings is 2. The normalized spacial score (nSPS) is 22.2. The van der Waals surface area contributed by atoms with Gasteiger partial charge in [0.15, 0.2) is 5.71 Å². The van der Waals surface area contributed by atoms with Crippen LogP contribution >= 0.6 is 0 Å². The fourth-order valence-electron chi connectivity index (χ4n) is 9.43. The summed E-state index contributed by atoms with van der Waals surface area (Å²) in [5, 5.41) is 12.5. The van der Waals surface area contributed by atoms with Gasteiger partial charge < -0.3 is 24.3 Å². The molecule has 2 amide bonds. The third-order valence-corrected chi connectivity index (χ3v) is 15.7. The molecule has 0 spiro atoms. The average molecular weight is 1040 g/mol. The van der Waals surface area contributed by atoms with Crippen molar-refractivity contribution in [3.8, 4) is 0 Å². The van der Waals surface area contributed by atoms with Crippen LogP contribution < -0.4 is 4.90 Å². The van der Waals surface area contributed by atoms with Crippen molar-refractivity contribution in [2.75, 3.05) is 37.5 Å². The Hall–Kier alpha value is -5.14. The largest absolute Gasteiger partial charge is 0.506 e. The smallest absolute Gasteiger partial charge is 0.333 e. The standard InChI is InChI=1S/C47H59N3O17S3/c1-44(2,3)66-23-19-45(4,5)49-36-15-13-30(70(62,63)64)26-34(36)46(6,18-10-24-68(56,57)58)38(49)28-32-42(54)31(43(32)55)27-37-47(7,20-22-65-8)33-25-29(69(59,60)61)12-14-35(33)48(37)21-9-11-41(53)67-50-39(51)16-17-40(50)52/h12-15,25-28H,9-11,16-24H2,1-8H3,(H3-,54,55,56,57,58,59,60,61,62,63,64)/p+1. The van der Waals surface area contributed by atoms with Crippen molar-refractivity contribution in [2.45, 2.75) is 132 Å². The van der Waals surface area contributed by atoms with Gasteiger partial charge in [0.25, 0.3) is 42.2 Å². The zero-order valence-corrected chi connectivity index (χ0v) is 42.7. The number of ether oxygens (including phenoxy) is 2. The van der Waals surface area contributed by atoms with Crippen LogP contribution in [0.2, 0.25) is 0 Å². The Kier molecular flexibility index (Phi) is 15.1. The van der Waals surface area contributed by atoms with Gasteiger partial charge in [-0.3, -0.25) is 28.0 Å². The van der Waals surface area contributed by atoms with E-state index in [2.05, 4.69) is 0 Å². The molecular weight excluding hydrogens is 975 g/mol. The Morgan fingerprint density at radius 2 is 1.41 bits per heavy atom. The van der Waals surface area contributed by atoms with Gasteiger partial charge in [-0.2, -0.15) is 29.8 Å². The van der Waals surface area contributed by atoms with Crippen molar-refractivity contribution in [3.05, 3.63) is 82.3 Å². The molecule has 3 aliphatic heterocycles. The van der Waals surface area contributed by atoms with Crippen LogP contribution in [0.25, 0.3) is 0 Å². The SMILES string of the molecule is COCCC1(C)C(C=C2C(=O)C(C=C3N(C(C)(C)CCOC(C)(C)C)c4ccc(S(=O)(=O)O)cc4C3(C)CCCS(=O)(=O)O)=C2O)=[N+](CCCC(=O)ON2C(=O)CCC2=O)c2ccc(S(=O)(=O)O)cc21. The highest BCUT2D eigenvalue weighted by Crippen LogP contribution is 2.55. The number of anilines is 1. The van der Waals surface area contributed by atoms with Gasteiger partial charge in [-0.05, 0) is 116 Å². The maximum Gasteiger partial charge on any atom is 0.333 e. The molecule has 1 aliphatic carbocycles. The number of carbonyl (C=O) groups excluding carboxylic acids is 4. The highest BCUT2D eigenvalue weighted by molar-refractivity contribution is 7.86. The highest BCUT2D eigenvalue weighted by Gasteiger charge is 2.52. The molecule has 1 saturated heterocycles. The number of Topliss-reactive ketones (excluding diaryl/α,β-unsaturated/α-hetero) is 1. The topological polar surface area (TPSA) is 289 Å². The maximum atomic E-state index is 14.6. The molecule has 2 atom stereocenters. The van der Waals surface area contributed by atoms with Crippen molar-refractivity contribution >= 4 is 71.0 Å². The molecule has 20 nitrogen and oxygen atoms in total. The number of fused-ring (bicyclic) bond motifs is 2. The zero-order chi connectivity index (χ0) is 52.2. The van der Waals surface area contributed by atoms with Crippen LogP contribution in [0.1, 0.15) is 111 Å². The fourth-order valence-corrected chi connectivity index (χ4v) is 11.0. The molecule has 4 N–H and O–H groups in total. The van der Waals surface area contributed by atoms with Crippen molar-refractivity contribution in [1.29, 1.82) is 0 Å². The van der Waals surface area contributed by atoms with E-state index in [4.69, 9.17) is 14.3 Å². The van der Waals surface area contributed by atoms with E-state index in [0.717, 1.165) is 0 Å². The molecule has 3 heterocycles. The summed E-state index contributed by atoms with van der Waals surface area (Å²) in [7, 11) is -12.5. The molecule has 2 aromatic rings. The minimum absolute atomic E-state index is 0.0245. The predicted octanol–water partition coefficient (Wildman–Crippen LogP) is 5.60. The van der Waals surface area contributed by atoms with Crippen molar-refractivity contribution < 1.29 is 82.1 Å². The molecule has 0 aromatic heterocycles. The molecule has 2 unspecified atom stereocenters. The number of carbonyl (C=O) groups is 4. The Labute approximate surface area is 407 Å². The number of nitrogens with zero attached hydrogens (tertiary/aromatic N) is 3. The van der Waals surface area contributed by atoms with E-state index < -0.39 is 97.2 Å². The van der Waals surface area contributed by atoms with E-state index in [0.29, 0.717) is 45.4 Å². The van der Waals surface area contributed by atoms with Crippen LogP contribution in [-0.4, -0.2) is 127 Å². The van der Waals surface area contributed by atoms with Gasteiger partial charge in [0.2, 0.25) is 11.5 Å². The Morgan fingerprint density at radius 1 is 0.814 bits per heavy atom. The van der Waals surface area contributed by atoms with Gasteiger partial charge in [0, 0.05) is 79.6 Å². The minimum atomic E-state index is -4.75. The summed E-state index contributed by atoms with van der Waals surface area (Å²) in [6, 6.07) is 7.94. The first-order chi connectivity index (χ1) is 32.2. The number of rotatable bonds is 20. The number of imide groups is 1. The Bertz CT molecular complexity index is 2990. The van der Waals surface area contributed by atoms with Crippen LogP contribution in [0, 0.1) is 0 Å². The number of ketones is 1. The van der Waals surface area contributed by atoms with Crippen molar-refractivity contribution in [1.82, 2.24) is 5.06 Å². The van der Waals surface area contributed by atoms with Crippen molar-refractivity contribution in [3.63, 3.8) is 0 Å². The third-order valence-electron chi connectivity index (χ3n) is 13.2. The lowest BCUT2D eigenvalue weighted by Gasteiger charge is -2.42. The fraction of sp³-hybridized carbons (Fsp3) is 0.511. The lowest BCUT2D eigenvalue weighted by molar-refractivity contribution is -0.438. The maximum absolute atomic E-state index is 14.6. The van der Waals surface area contributed by atoms with Crippen LogP contribution in [-0.2, 0) is 74.7 Å². The number of aliphatic hydroxyl groups excluding tert-OH is 1. The van der Waals surface area contributed by atoms with Gasteiger partial charge in [0.1, 0.15) is 12.3 Å². The summed E-state index contributed by atoms with van der Waals surface area (Å²) < 4.78 is 117. The second-order valence-corrected chi connectivity index (χ2v) is 24.2. The van der Waals surface area contributed by atoms with E-state index in [-0.39, 0.29) is 75.9 Å². The molecular formula is C47H60N3O17S3+. The summed E-state index contributed by atoms with van der Waals surface area (Å²) in [4.78, 5) is 57.8. The quantitative estimate of drug-likeness (QED) is 0.0544. The molecule has 0 saturated carbocycles. The van der Waals surface area contributed by atoms with Crippen LogP contribution in [0.5, 0.6) is 0 Å². The van der Waals surface area contributed by atoms with E-state index in [1.54, 1.807) is 18.4 Å². The lowest BCUT2D eigenvalue weighted by Crippen LogP contribution is -2.45. The van der Waals surface area contributed by atoms with Gasteiger partial charge in [0.05, 0.1) is 44.1 Å². The number of hydrogen-bond acceptors (Lipinski definition) is 15. The summed E-state index contributed by atoms with van der Waals surface area (Å²) in [5.41, 5.74) is -1.81. The van der Waals surface area contributed by atoms with Crippen LogP contribution in [0.4, 0.5) is 11.4 Å². The number of methoxy groups -OCH3 is 1. The number of amides is 2. The third kappa shape index (κ3) is 11.2. The van der Waals surface area contributed by atoms with Crippen LogP contribution in [0.15, 0.2) is 80.9 Å². The number of allylic oxidation sites excluding steroid dienone is 5. The molecule has 1 fully saturated rings. The molecule has 2 aromatic carbocycles. The summed E-state index contributed by atoms with van der Waals surface area (Å²) in [5.74, 6) is -3.94. The lowest BCUT2D eigenvalue weighted by atomic mass is 9.74. The zero-order valence-electron chi connectivity index (χ0n) is 40.3. The summed E-state index contributed by atoms with van der Waals surface area (Å²) in [6.07, 6.45) is 2.88. The Balaban J connectivity index is 1.51. The minimum Gasteiger partial charge on any atom is -0.506 e. The first-order valence-electron chi connectivity index (χ1n) is 22.5. The van der Waals surface area contributed by atoms with E-state index in [1.165, 1.54) is 55.7 Å². The second-order valence-electron chi connectivity index (χ2n) is 19.8. The molecule has 4 aliphatic rings. The summed E-state index contributed by atoms with van der Waals surface area (Å²) in [6.45, 7) is 13.3. The number of hydrogen-bond donors (Lipinski definition) is 4. The first-order valence-corrected chi connectivity index (χ1v) is 27.0. The predicted molar refractivity (Wildman–Crippen MR) is 253 cm³/mol. The van der Waals surface area contributed by atoms with Crippen LogP contribution in [0.3, 0.4) is 0 Å². The van der Waals surface area contributed by atoms with E-state index in [1.807, 2.05) is 39.5 Å². The second kappa shape index (κ2) is 19.5. The molecule has 6 rings (SSSR count). The first kappa shape index (κ1) is 54.2. The van der Waals surface area contributed by atoms with Gasteiger partial charge in [-0.25, -0.2) is 4.79 Å². The molecule has 70 heavy (non-hydrogen) atoms. The number of hydroxylamine groups is 2. The number of aliphatic hydroxyl groups is 1. The molecule has 0 bridgehead atoms. The monoisotopic (exact) mass is 1030 g/mol. The van der Waals surface area contributed by atoms with Gasteiger partial charge >= 0.3 is 5.97 Å². The molecule has 23 heteroatoms. The van der Waals surface area contributed by atoms with Gasteiger partial charge in [-0.15, -0.1) is 5.06 Å². The molecule has 382 valence electrons. The molecule has 0 radical (unpaired) electrons. The highest BCUT2D eigenvalue weighted by atomic mass is 32.2. The van der Waals surface area contributed by atoms with E-state index >= 15 is 0 Å². The summed E-state index contributed by atoms with van der Waals surface area (Å²) >= 11 is 0. The average Bonchev–Trinajstić information content (AvgIpc) is 3.78.